The maximum atomic E-state index is 12.5. The second-order valence-corrected chi connectivity index (χ2v) is 7.40. The van der Waals surface area contributed by atoms with E-state index < -0.39 is 0 Å². The molecule has 0 unspecified atom stereocenters. The van der Waals surface area contributed by atoms with Gasteiger partial charge in [0.05, 0.1) is 6.54 Å². The summed E-state index contributed by atoms with van der Waals surface area (Å²) >= 11 is 3.61. The molecule has 0 radical (unpaired) electrons. The fraction of sp³-hybridized carbons (Fsp3) is 0.316. The van der Waals surface area contributed by atoms with E-state index in [9.17, 15) is 4.79 Å². The highest BCUT2D eigenvalue weighted by atomic mass is 79.9. The van der Waals surface area contributed by atoms with Crippen LogP contribution >= 0.6 is 15.9 Å². The molecule has 0 saturated carbocycles. The molecule has 1 aliphatic rings. The lowest BCUT2D eigenvalue weighted by molar-refractivity contribution is 0.0817. The first-order valence-corrected chi connectivity index (χ1v) is 8.50. The van der Waals surface area contributed by atoms with Crippen LogP contribution in [-0.4, -0.2) is 17.5 Å². The van der Waals surface area contributed by atoms with E-state index in [2.05, 4.69) is 35.8 Å². The van der Waals surface area contributed by atoms with E-state index >= 15 is 0 Å². The molecular formula is C19H20BrNO2. The van der Waals surface area contributed by atoms with E-state index in [0.29, 0.717) is 19.7 Å². The Kier molecular flexibility index (Phi) is 4.44. The lowest BCUT2D eigenvalue weighted by Crippen LogP contribution is -2.45. The molecule has 0 fully saturated rings. The van der Waals surface area contributed by atoms with E-state index in [4.69, 9.17) is 4.74 Å². The molecule has 2 aromatic rings. The van der Waals surface area contributed by atoms with Gasteiger partial charge in [0, 0.05) is 16.4 Å². The van der Waals surface area contributed by atoms with E-state index in [0.717, 1.165) is 10.0 Å². The van der Waals surface area contributed by atoms with E-state index in [1.165, 1.54) is 11.1 Å². The fourth-order valence-corrected chi connectivity index (χ4v) is 3.59. The highest BCUT2D eigenvalue weighted by molar-refractivity contribution is 9.10. The van der Waals surface area contributed by atoms with Crippen molar-refractivity contribution in [1.29, 1.82) is 0 Å². The van der Waals surface area contributed by atoms with Gasteiger partial charge in [-0.15, -0.1) is 0 Å². The molecule has 3 rings (SSSR count). The van der Waals surface area contributed by atoms with Gasteiger partial charge in [-0.2, -0.15) is 0 Å². The summed E-state index contributed by atoms with van der Waals surface area (Å²) in [6.07, 6.45) is -0.261. The van der Waals surface area contributed by atoms with Crippen LogP contribution in [0.1, 0.15) is 30.5 Å². The molecule has 2 aromatic carbocycles. The van der Waals surface area contributed by atoms with Crippen molar-refractivity contribution in [3.8, 4) is 0 Å². The summed E-state index contributed by atoms with van der Waals surface area (Å²) in [5, 5.41) is 0. The molecule has 0 saturated heterocycles. The Morgan fingerprint density at radius 1 is 1.17 bits per heavy atom. The molecule has 1 heterocycles. The summed E-state index contributed by atoms with van der Waals surface area (Å²) in [5.74, 6) is 0. The minimum Gasteiger partial charge on any atom is -0.445 e. The predicted molar refractivity (Wildman–Crippen MR) is 94.2 cm³/mol. The number of rotatable bonds is 2. The quantitative estimate of drug-likeness (QED) is 0.750. The number of benzene rings is 2. The van der Waals surface area contributed by atoms with Crippen molar-refractivity contribution >= 4 is 22.0 Å². The van der Waals surface area contributed by atoms with Gasteiger partial charge in [0.25, 0.3) is 0 Å². The number of nitrogens with zero attached hydrogens (tertiary/aromatic N) is 1. The minimum absolute atomic E-state index is 0.0941. The first-order chi connectivity index (χ1) is 11.0. The maximum absolute atomic E-state index is 12.5. The number of amides is 1. The molecule has 0 aliphatic carbocycles. The van der Waals surface area contributed by atoms with Crippen molar-refractivity contribution in [2.24, 2.45) is 0 Å². The molecule has 4 heteroatoms. The normalized spacial score (nSPS) is 15.9. The van der Waals surface area contributed by atoms with Crippen molar-refractivity contribution in [3.63, 3.8) is 0 Å². The topological polar surface area (TPSA) is 29.5 Å². The maximum Gasteiger partial charge on any atom is 0.410 e. The number of carbonyl (C=O) groups excluding carboxylic acids is 1. The van der Waals surface area contributed by atoms with Gasteiger partial charge < -0.3 is 9.64 Å². The molecular weight excluding hydrogens is 354 g/mol. The minimum atomic E-state index is -0.261. The van der Waals surface area contributed by atoms with Crippen molar-refractivity contribution in [2.45, 2.75) is 32.4 Å². The van der Waals surface area contributed by atoms with Gasteiger partial charge in [-0.1, -0.05) is 72.2 Å². The summed E-state index contributed by atoms with van der Waals surface area (Å²) in [5.41, 5.74) is 3.36. The summed E-state index contributed by atoms with van der Waals surface area (Å²) in [6.45, 7) is 5.86. The Morgan fingerprint density at radius 3 is 2.65 bits per heavy atom. The first kappa shape index (κ1) is 16.1. The van der Waals surface area contributed by atoms with E-state index in [1.807, 2.05) is 42.5 Å². The van der Waals surface area contributed by atoms with Crippen LogP contribution in [0.15, 0.2) is 53.0 Å². The zero-order valence-electron chi connectivity index (χ0n) is 13.4. The third kappa shape index (κ3) is 3.42. The van der Waals surface area contributed by atoms with Crippen molar-refractivity contribution in [2.75, 3.05) is 6.54 Å². The van der Waals surface area contributed by atoms with Gasteiger partial charge >= 0.3 is 6.09 Å². The average molecular weight is 374 g/mol. The van der Waals surface area contributed by atoms with Crippen molar-refractivity contribution < 1.29 is 9.53 Å². The molecule has 0 spiro atoms. The smallest absolute Gasteiger partial charge is 0.410 e. The highest BCUT2D eigenvalue weighted by Gasteiger charge is 2.35. The van der Waals surface area contributed by atoms with Crippen LogP contribution in [-0.2, 0) is 23.3 Å². The largest absolute Gasteiger partial charge is 0.445 e. The van der Waals surface area contributed by atoms with Crippen LogP contribution in [0.3, 0.4) is 0 Å². The van der Waals surface area contributed by atoms with Gasteiger partial charge in [-0.25, -0.2) is 4.79 Å². The van der Waals surface area contributed by atoms with Crippen LogP contribution in [0.25, 0.3) is 0 Å². The van der Waals surface area contributed by atoms with Crippen molar-refractivity contribution in [1.82, 2.24) is 4.90 Å². The summed E-state index contributed by atoms with van der Waals surface area (Å²) in [7, 11) is 0. The Morgan fingerprint density at radius 2 is 1.91 bits per heavy atom. The van der Waals surface area contributed by atoms with Crippen LogP contribution < -0.4 is 0 Å². The first-order valence-electron chi connectivity index (χ1n) is 7.71. The Balaban J connectivity index is 1.74. The predicted octanol–water partition coefficient (Wildman–Crippen LogP) is 4.88. The summed E-state index contributed by atoms with van der Waals surface area (Å²) < 4.78 is 6.53. The number of hydrogen-bond acceptors (Lipinski definition) is 2. The zero-order chi connectivity index (χ0) is 16.4. The van der Waals surface area contributed by atoms with Crippen LogP contribution in [0, 0.1) is 0 Å². The van der Waals surface area contributed by atoms with Gasteiger partial charge in [0.15, 0.2) is 0 Å². The number of carbonyl (C=O) groups is 1. The molecule has 23 heavy (non-hydrogen) atoms. The molecule has 120 valence electrons. The SMILES string of the molecule is CC1(C)CN(C(=O)OCc2ccccc2)Cc2c(Br)cccc21. The number of hydrogen-bond donors (Lipinski definition) is 0. The molecule has 1 aliphatic heterocycles. The summed E-state index contributed by atoms with van der Waals surface area (Å²) in [4.78, 5) is 14.3. The highest BCUT2D eigenvalue weighted by Crippen LogP contribution is 2.37. The molecule has 0 atom stereocenters. The Labute approximate surface area is 145 Å². The van der Waals surface area contributed by atoms with Crippen LogP contribution in [0.4, 0.5) is 4.79 Å². The fourth-order valence-electron chi connectivity index (χ4n) is 3.10. The number of fused-ring (bicyclic) bond motifs is 1. The van der Waals surface area contributed by atoms with Crippen LogP contribution in [0.2, 0.25) is 0 Å². The third-order valence-electron chi connectivity index (χ3n) is 4.25. The monoisotopic (exact) mass is 373 g/mol. The number of ether oxygens (including phenoxy) is 1. The average Bonchev–Trinajstić information content (AvgIpc) is 2.54. The van der Waals surface area contributed by atoms with E-state index in [1.54, 1.807) is 4.90 Å². The van der Waals surface area contributed by atoms with Crippen LogP contribution in [0.5, 0.6) is 0 Å². The lowest BCUT2D eigenvalue weighted by atomic mass is 9.78. The third-order valence-corrected chi connectivity index (χ3v) is 4.99. The molecule has 0 N–H and O–H groups in total. The second-order valence-electron chi connectivity index (χ2n) is 6.55. The molecule has 0 aromatic heterocycles. The standard InChI is InChI=1S/C19H20BrNO2/c1-19(2)13-21(11-15-16(19)9-6-10-17(15)20)18(22)23-12-14-7-4-3-5-8-14/h3-10H,11-13H2,1-2H3. The van der Waals surface area contributed by atoms with E-state index in [-0.39, 0.29) is 11.5 Å². The van der Waals surface area contributed by atoms with Crippen molar-refractivity contribution in [3.05, 3.63) is 69.7 Å². The van der Waals surface area contributed by atoms with Gasteiger partial charge in [-0.3, -0.25) is 0 Å². The summed E-state index contributed by atoms with van der Waals surface area (Å²) in [6, 6.07) is 16.0. The lowest BCUT2D eigenvalue weighted by Gasteiger charge is -2.39. The van der Waals surface area contributed by atoms with Gasteiger partial charge in [0.1, 0.15) is 6.61 Å². The molecule has 3 nitrogen and oxygen atoms in total. The Bertz CT molecular complexity index is 713. The molecule has 1 amide bonds. The Hall–Kier alpha value is -1.81. The number of halogens is 1. The second kappa shape index (κ2) is 6.36. The molecule has 0 bridgehead atoms. The van der Waals surface area contributed by atoms with Gasteiger partial charge in [0.2, 0.25) is 0 Å². The zero-order valence-corrected chi connectivity index (χ0v) is 15.0. The van der Waals surface area contributed by atoms with Gasteiger partial charge in [-0.05, 0) is 22.8 Å².